The first-order chi connectivity index (χ1) is 8.13. The normalized spacial score (nSPS) is 18.5. The SMILES string of the molecule is CC1CCN(CCc2cc(F)cc(P)c2)CC1. The van der Waals surface area contributed by atoms with Crippen molar-refractivity contribution in [1.82, 2.24) is 4.90 Å². The van der Waals surface area contributed by atoms with Crippen molar-refractivity contribution >= 4 is 14.5 Å². The molecule has 0 radical (unpaired) electrons. The Labute approximate surface area is 106 Å². The quantitative estimate of drug-likeness (QED) is 0.748. The number of hydrogen-bond donors (Lipinski definition) is 0. The minimum atomic E-state index is -0.125. The van der Waals surface area contributed by atoms with Crippen LogP contribution >= 0.6 is 9.24 Å². The average Bonchev–Trinajstić information content (AvgIpc) is 2.27. The van der Waals surface area contributed by atoms with Gasteiger partial charge in [0.2, 0.25) is 0 Å². The summed E-state index contributed by atoms with van der Waals surface area (Å²) in [4.78, 5) is 2.49. The Balaban J connectivity index is 1.85. The maximum absolute atomic E-state index is 13.2. The number of rotatable bonds is 3. The molecule has 1 aromatic rings. The molecule has 17 heavy (non-hydrogen) atoms. The number of hydrogen-bond acceptors (Lipinski definition) is 1. The highest BCUT2D eigenvalue weighted by Crippen LogP contribution is 2.16. The fraction of sp³-hybridized carbons (Fsp3) is 0.571. The molecule has 94 valence electrons. The number of benzene rings is 1. The first kappa shape index (κ1) is 13.0. The zero-order valence-electron chi connectivity index (χ0n) is 10.5. The Kier molecular flexibility index (Phi) is 4.53. The zero-order chi connectivity index (χ0) is 12.3. The van der Waals surface area contributed by atoms with Crippen LogP contribution in [-0.4, -0.2) is 24.5 Å². The van der Waals surface area contributed by atoms with Crippen molar-refractivity contribution < 1.29 is 4.39 Å². The second kappa shape index (κ2) is 5.93. The lowest BCUT2D eigenvalue weighted by molar-refractivity contribution is 0.194. The van der Waals surface area contributed by atoms with Gasteiger partial charge in [0.15, 0.2) is 0 Å². The topological polar surface area (TPSA) is 3.24 Å². The Bertz CT molecular complexity index is 352. The van der Waals surface area contributed by atoms with Gasteiger partial charge in [0.05, 0.1) is 0 Å². The van der Waals surface area contributed by atoms with Crippen LogP contribution in [-0.2, 0) is 6.42 Å². The van der Waals surface area contributed by atoms with Crippen molar-refractivity contribution in [3.05, 3.63) is 29.6 Å². The summed E-state index contributed by atoms with van der Waals surface area (Å²) >= 11 is 0. The molecular weight excluding hydrogens is 232 g/mol. The predicted molar refractivity (Wildman–Crippen MR) is 74.3 cm³/mol. The number of halogens is 1. The molecule has 0 N–H and O–H groups in total. The van der Waals surface area contributed by atoms with E-state index in [9.17, 15) is 4.39 Å². The van der Waals surface area contributed by atoms with E-state index in [-0.39, 0.29) is 5.82 Å². The third kappa shape index (κ3) is 4.04. The highest BCUT2D eigenvalue weighted by atomic mass is 31.0. The second-order valence-electron chi connectivity index (χ2n) is 5.17. The molecule has 1 unspecified atom stereocenters. The maximum atomic E-state index is 13.2. The van der Waals surface area contributed by atoms with Crippen LogP contribution < -0.4 is 5.30 Å². The predicted octanol–water partition coefficient (Wildman–Crippen LogP) is 2.60. The molecule has 1 saturated heterocycles. The lowest BCUT2D eigenvalue weighted by atomic mass is 9.99. The van der Waals surface area contributed by atoms with Crippen LogP contribution in [0.25, 0.3) is 0 Å². The number of piperidine rings is 1. The summed E-state index contributed by atoms with van der Waals surface area (Å²) in [6, 6.07) is 5.26. The Morgan fingerprint density at radius 1 is 1.29 bits per heavy atom. The minimum absolute atomic E-state index is 0.125. The van der Waals surface area contributed by atoms with Gasteiger partial charge >= 0.3 is 0 Å². The monoisotopic (exact) mass is 253 g/mol. The van der Waals surface area contributed by atoms with Gasteiger partial charge < -0.3 is 4.90 Å². The van der Waals surface area contributed by atoms with Crippen LogP contribution in [0.15, 0.2) is 18.2 Å². The van der Waals surface area contributed by atoms with E-state index < -0.39 is 0 Å². The molecule has 2 rings (SSSR count). The number of nitrogens with zero attached hydrogens (tertiary/aromatic N) is 1. The van der Waals surface area contributed by atoms with Gasteiger partial charge in [-0.2, -0.15) is 0 Å². The summed E-state index contributed by atoms with van der Waals surface area (Å²) in [5.41, 5.74) is 1.11. The van der Waals surface area contributed by atoms with Gasteiger partial charge in [-0.3, -0.25) is 0 Å². The molecular formula is C14H21FNP. The van der Waals surface area contributed by atoms with Crippen LogP contribution in [0.4, 0.5) is 4.39 Å². The summed E-state index contributed by atoms with van der Waals surface area (Å²) in [5, 5.41) is 0.937. The van der Waals surface area contributed by atoms with Gasteiger partial charge in [0.1, 0.15) is 5.82 Å². The fourth-order valence-corrected chi connectivity index (χ4v) is 2.77. The van der Waals surface area contributed by atoms with Gasteiger partial charge in [-0.05, 0) is 61.3 Å². The first-order valence-electron chi connectivity index (χ1n) is 6.41. The van der Waals surface area contributed by atoms with E-state index in [1.165, 1.54) is 25.9 Å². The molecule has 0 bridgehead atoms. The standard InChI is InChI=1S/C14H21FNP/c1-11-2-5-16(6-3-11)7-4-12-8-13(15)10-14(17)9-12/h8-11H,2-7,17H2,1H3. The van der Waals surface area contributed by atoms with Crippen molar-refractivity contribution in [3.8, 4) is 0 Å². The van der Waals surface area contributed by atoms with E-state index in [0.717, 1.165) is 29.8 Å². The lowest BCUT2D eigenvalue weighted by Gasteiger charge is -2.30. The lowest BCUT2D eigenvalue weighted by Crippen LogP contribution is -2.34. The molecule has 1 fully saturated rings. The maximum Gasteiger partial charge on any atom is 0.124 e. The first-order valence-corrected chi connectivity index (χ1v) is 6.98. The molecule has 0 saturated carbocycles. The van der Waals surface area contributed by atoms with Gasteiger partial charge in [0, 0.05) is 6.54 Å². The molecule has 3 heteroatoms. The fourth-order valence-electron chi connectivity index (χ4n) is 2.39. The molecule has 1 aromatic carbocycles. The largest absolute Gasteiger partial charge is 0.303 e. The third-order valence-corrected chi connectivity index (χ3v) is 3.91. The molecule has 0 spiro atoms. The highest BCUT2D eigenvalue weighted by Gasteiger charge is 2.15. The number of likely N-dealkylation sites (tertiary alicyclic amines) is 1. The van der Waals surface area contributed by atoms with Gasteiger partial charge in [0.25, 0.3) is 0 Å². The van der Waals surface area contributed by atoms with Crippen LogP contribution in [0.3, 0.4) is 0 Å². The van der Waals surface area contributed by atoms with Crippen LogP contribution in [0, 0.1) is 11.7 Å². The Hall–Kier alpha value is -0.460. The van der Waals surface area contributed by atoms with Crippen LogP contribution in [0.1, 0.15) is 25.3 Å². The molecule has 1 nitrogen and oxygen atoms in total. The molecule has 0 amide bonds. The van der Waals surface area contributed by atoms with Gasteiger partial charge in [-0.25, -0.2) is 4.39 Å². The van der Waals surface area contributed by atoms with Gasteiger partial charge in [-0.15, -0.1) is 9.24 Å². The van der Waals surface area contributed by atoms with Crippen LogP contribution in [0.2, 0.25) is 0 Å². The molecule has 1 aliphatic heterocycles. The second-order valence-corrected chi connectivity index (χ2v) is 5.83. The van der Waals surface area contributed by atoms with Crippen molar-refractivity contribution in [1.29, 1.82) is 0 Å². The zero-order valence-corrected chi connectivity index (χ0v) is 11.6. The van der Waals surface area contributed by atoms with E-state index in [1.807, 2.05) is 0 Å². The minimum Gasteiger partial charge on any atom is -0.303 e. The van der Waals surface area contributed by atoms with Crippen LogP contribution in [0.5, 0.6) is 0 Å². The van der Waals surface area contributed by atoms with E-state index in [2.05, 4.69) is 27.1 Å². The van der Waals surface area contributed by atoms with E-state index in [4.69, 9.17) is 0 Å². The third-order valence-electron chi connectivity index (χ3n) is 3.57. The van der Waals surface area contributed by atoms with E-state index in [0.29, 0.717) is 0 Å². The van der Waals surface area contributed by atoms with Gasteiger partial charge in [-0.1, -0.05) is 13.0 Å². The Morgan fingerprint density at radius 2 is 2.00 bits per heavy atom. The van der Waals surface area contributed by atoms with Crippen molar-refractivity contribution in [2.24, 2.45) is 5.92 Å². The summed E-state index contributed by atoms with van der Waals surface area (Å²) in [7, 11) is 2.57. The smallest absolute Gasteiger partial charge is 0.124 e. The summed E-state index contributed by atoms with van der Waals surface area (Å²) in [5.74, 6) is 0.749. The summed E-state index contributed by atoms with van der Waals surface area (Å²) in [6.07, 6.45) is 3.56. The average molecular weight is 253 g/mol. The molecule has 0 aromatic heterocycles. The molecule has 1 aliphatic rings. The van der Waals surface area contributed by atoms with Crippen molar-refractivity contribution in [2.45, 2.75) is 26.2 Å². The summed E-state index contributed by atoms with van der Waals surface area (Å²) < 4.78 is 13.2. The molecule has 1 atom stereocenters. The highest BCUT2D eigenvalue weighted by molar-refractivity contribution is 7.27. The van der Waals surface area contributed by atoms with E-state index >= 15 is 0 Å². The van der Waals surface area contributed by atoms with Crippen molar-refractivity contribution in [3.63, 3.8) is 0 Å². The van der Waals surface area contributed by atoms with E-state index in [1.54, 1.807) is 12.1 Å². The molecule has 1 heterocycles. The Morgan fingerprint density at radius 3 is 2.65 bits per heavy atom. The molecule has 0 aliphatic carbocycles. The summed E-state index contributed by atoms with van der Waals surface area (Å²) in [6.45, 7) is 5.78. The van der Waals surface area contributed by atoms with Crippen molar-refractivity contribution in [2.75, 3.05) is 19.6 Å².